The average Bonchev–Trinajstić information content (AvgIpc) is 2.79. The van der Waals surface area contributed by atoms with Crippen molar-refractivity contribution in [2.24, 2.45) is 7.05 Å². The first-order valence-corrected chi connectivity index (χ1v) is 6.52. The minimum atomic E-state index is 0.569. The molecule has 0 aromatic carbocycles. The second kappa shape index (κ2) is 6.17. The summed E-state index contributed by atoms with van der Waals surface area (Å²) in [6.07, 6.45) is 6.11. The van der Waals surface area contributed by atoms with Crippen LogP contribution in [0.2, 0.25) is 0 Å². The van der Waals surface area contributed by atoms with Gasteiger partial charge < -0.3 is 11.1 Å². The van der Waals surface area contributed by atoms with Gasteiger partial charge in [-0.05, 0) is 12.5 Å². The van der Waals surface area contributed by atoms with E-state index in [-0.39, 0.29) is 0 Å². The second-order valence-electron chi connectivity index (χ2n) is 4.46. The lowest BCUT2D eigenvalue weighted by Crippen LogP contribution is -2.12. The van der Waals surface area contributed by atoms with Gasteiger partial charge in [0.25, 0.3) is 0 Å². The smallest absolute Gasteiger partial charge is 0.134 e. The molecule has 0 atom stereocenters. The molecule has 0 amide bonds. The van der Waals surface area contributed by atoms with Crippen LogP contribution >= 0.6 is 0 Å². The first kappa shape index (κ1) is 13.3. The summed E-state index contributed by atoms with van der Waals surface area (Å²) in [5.74, 6) is 1.41. The van der Waals surface area contributed by atoms with Gasteiger partial charge in [-0.15, -0.1) is 0 Å². The summed E-state index contributed by atoms with van der Waals surface area (Å²) in [7, 11) is 1.94. The Labute approximate surface area is 113 Å². The van der Waals surface area contributed by atoms with Gasteiger partial charge in [0.15, 0.2) is 0 Å². The summed E-state index contributed by atoms with van der Waals surface area (Å²) in [6.45, 7) is 2.92. The van der Waals surface area contributed by atoms with Crippen LogP contribution in [0.4, 0.5) is 11.6 Å². The van der Waals surface area contributed by atoms with Gasteiger partial charge in [-0.2, -0.15) is 5.10 Å². The highest BCUT2D eigenvalue weighted by molar-refractivity contribution is 5.54. The van der Waals surface area contributed by atoms with E-state index >= 15 is 0 Å². The van der Waals surface area contributed by atoms with Crippen LogP contribution in [0.3, 0.4) is 0 Å². The molecule has 2 aromatic rings. The molecule has 2 aromatic heterocycles. The predicted octanol–water partition coefficient (Wildman–Crippen LogP) is 1.40. The van der Waals surface area contributed by atoms with Gasteiger partial charge in [-0.3, -0.25) is 4.68 Å². The number of nitrogens with one attached hydrogen (secondary N) is 1. The molecule has 0 radical (unpaired) electrons. The van der Waals surface area contributed by atoms with E-state index < -0.39 is 0 Å². The first-order chi connectivity index (χ1) is 9.22. The van der Waals surface area contributed by atoms with Crippen LogP contribution in [0.5, 0.6) is 0 Å². The molecule has 0 bridgehead atoms. The Morgan fingerprint density at radius 3 is 2.84 bits per heavy atom. The lowest BCUT2D eigenvalue weighted by Gasteiger charge is -2.11. The van der Waals surface area contributed by atoms with Crippen molar-refractivity contribution in [2.75, 3.05) is 17.6 Å². The fourth-order valence-corrected chi connectivity index (χ4v) is 2.03. The molecule has 0 aliphatic rings. The van der Waals surface area contributed by atoms with E-state index in [0.29, 0.717) is 5.82 Å². The molecule has 0 fully saturated rings. The van der Waals surface area contributed by atoms with Gasteiger partial charge in [0.2, 0.25) is 0 Å². The Bertz CT molecular complexity index is 534. The van der Waals surface area contributed by atoms with E-state index in [1.165, 1.54) is 12.0 Å². The predicted molar refractivity (Wildman–Crippen MR) is 75.8 cm³/mol. The van der Waals surface area contributed by atoms with Gasteiger partial charge >= 0.3 is 0 Å². The number of aryl methyl sites for hydroxylation is 1. The molecule has 0 aliphatic heterocycles. The van der Waals surface area contributed by atoms with Gasteiger partial charge in [0.1, 0.15) is 18.0 Å². The zero-order chi connectivity index (χ0) is 13.7. The zero-order valence-corrected chi connectivity index (χ0v) is 11.4. The molecule has 3 N–H and O–H groups in total. The Balaban J connectivity index is 1.99. The maximum Gasteiger partial charge on any atom is 0.134 e. The van der Waals surface area contributed by atoms with E-state index in [0.717, 1.165) is 37.2 Å². The van der Waals surface area contributed by atoms with Crippen molar-refractivity contribution < 1.29 is 0 Å². The number of anilines is 2. The zero-order valence-electron chi connectivity index (χ0n) is 11.4. The van der Waals surface area contributed by atoms with Gasteiger partial charge in [0.05, 0.1) is 0 Å². The molecule has 0 aliphatic carbocycles. The number of nitrogens with zero attached hydrogens (tertiary/aromatic N) is 4. The molecule has 0 unspecified atom stereocenters. The second-order valence-corrected chi connectivity index (χ2v) is 4.46. The SMILES string of the molecule is CCCc1c(N)ncnc1NCCc1ccnn1C. The molecule has 2 rings (SSSR count). The highest BCUT2D eigenvalue weighted by Crippen LogP contribution is 2.18. The number of hydrogen-bond donors (Lipinski definition) is 2. The van der Waals surface area contributed by atoms with E-state index in [1.807, 2.05) is 17.8 Å². The standard InChI is InChI=1S/C13H20N6/c1-3-4-11-12(14)16-9-17-13(11)15-7-5-10-6-8-18-19(10)2/h6,8-9H,3-5,7H2,1-2H3,(H3,14,15,16,17). The average molecular weight is 260 g/mol. The molecular formula is C13H20N6. The van der Waals surface area contributed by atoms with Crippen molar-refractivity contribution >= 4 is 11.6 Å². The molecule has 0 saturated heterocycles. The Morgan fingerprint density at radius 1 is 1.32 bits per heavy atom. The monoisotopic (exact) mass is 260 g/mol. The lowest BCUT2D eigenvalue weighted by molar-refractivity contribution is 0.710. The summed E-state index contributed by atoms with van der Waals surface area (Å²) in [6, 6.07) is 2.02. The van der Waals surface area contributed by atoms with Gasteiger partial charge in [-0.25, -0.2) is 9.97 Å². The van der Waals surface area contributed by atoms with Gasteiger partial charge in [-0.1, -0.05) is 13.3 Å². The largest absolute Gasteiger partial charge is 0.383 e. The van der Waals surface area contributed by atoms with Crippen molar-refractivity contribution in [1.82, 2.24) is 19.7 Å². The molecule has 0 spiro atoms. The van der Waals surface area contributed by atoms with E-state index in [9.17, 15) is 0 Å². The van der Waals surface area contributed by atoms with Crippen LogP contribution in [0.25, 0.3) is 0 Å². The minimum Gasteiger partial charge on any atom is -0.383 e. The van der Waals surface area contributed by atoms with Crippen molar-refractivity contribution in [2.45, 2.75) is 26.2 Å². The number of nitrogen functional groups attached to an aromatic ring is 1. The third-order valence-electron chi connectivity index (χ3n) is 3.07. The number of hydrogen-bond acceptors (Lipinski definition) is 5. The van der Waals surface area contributed by atoms with Crippen molar-refractivity contribution in [3.05, 3.63) is 29.8 Å². The fourth-order valence-electron chi connectivity index (χ4n) is 2.03. The number of nitrogens with two attached hydrogens (primary N) is 1. The molecule has 19 heavy (non-hydrogen) atoms. The molecule has 6 nitrogen and oxygen atoms in total. The van der Waals surface area contributed by atoms with Crippen LogP contribution in [0, 0.1) is 0 Å². The van der Waals surface area contributed by atoms with Crippen LogP contribution in [0.15, 0.2) is 18.6 Å². The Kier molecular flexibility index (Phi) is 4.33. The molecule has 6 heteroatoms. The molecule has 0 saturated carbocycles. The van der Waals surface area contributed by atoms with Crippen LogP contribution < -0.4 is 11.1 Å². The molecular weight excluding hydrogens is 240 g/mol. The van der Waals surface area contributed by atoms with Crippen molar-refractivity contribution in [3.8, 4) is 0 Å². The summed E-state index contributed by atoms with van der Waals surface area (Å²) < 4.78 is 1.88. The van der Waals surface area contributed by atoms with Gasteiger partial charge in [0, 0.05) is 37.5 Å². The topological polar surface area (TPSA) is 81.7 Å². The van der Waals surface area contributed by atoms with E-state index in [1.54, 1.807) is 6.20 Å². The van der Waals surface area contributed by atoms with E-state index in [2.05, 4.69) is 27.3 Å². The quantitative estimate of drug-likeness (QED) is 0.820. The van der Waals surface area contributed by atoms with Crippen molar-refractivity contribution in [1.29, 1.82) is 0 Å². The molecule has 2 heterocycles. The summed E-state index contributed by atoms with van der Waals surface area (Å²) in [4.78, 5) is 8.32. The van der Waals surface area contributed by atoms with Crippen LogP contribution in [-0.2, 0) is 19.9 Å². The summed E-state index contributed by atoms with van der Waals surface area (Å²) in [5, 5.41) is 7.48. The highest BCUT2D eigenvalue weighted by atomic mass is 15.3. The molecule has 102 valence electrons. The van der Waals surface area contributed by atoms with Crippen LogP contribution in [-0.4, -0.2) is 26.3 Å². The Hall–Kier alpha value is -2.11. The maximum atomic E-state index is 5.89. The first-order valence-electron chi connectivity index (χ1n) is 6.52. The third-order valence-corrected chi connectivity index (χ3v) is 3.07. The van der Waals surface area contributed by atoms with Crippen molar-refractivity contribution in [3.63, 3.8) is 0 Å². The minimum absolute atomic E-state index is 0.569. The fraction of sp³-hybridized carbons (Fsp3) is 0.462. The van der Waals surface area contributed by atoms with Crippen LogP contribution in [0.1, 0.15) is 24.6 Å². The number of rotatable bonds is 6. The highest BCUT2D eigenvalue weighted by Gasteiger charge is 2.08. The third kappa shape index (κ3) is 3.21. The Morgan fingerprint density at radius 2 is 2.16 bits per heavy atom. The summed E-state index contributed by atoms with van der Waals surface area (Å²) in [5.41, 5.74) is 8.09. The normalized spacial score (nSPS) is 10.6. The maximum absolute atomic E-state index is 5.89. The summed E-state index contributed by atoms with van der Waals surface area (Å²) >= 11 is 0. The lowest BCUT2D eigenvalue weighted by atomic mass is 10.1. The number of aromatic nitrogens is 4. The van der Waals surface area contributed by atoms with E-state index in [4.69, 9.17) is 5.73 Å².